The van der Waals surface area contributed by atoms with Crippen molar-refractivity contribution in [3.63, 3.8) is 0 Å². The summed E-state index contributed by atoms with van der Waals surface area (Å²) in [7, 11) is 1.26. The third-order valence-electron chi connectivity index (χ3n) is 4.98. The molecular weight excluding hydrogens is 306 g/mol. The van der Waals surface area contributed by atoms with Crippen LogP contribution in [0.1, 0.15) is 38.2 Å². The fourth-order valence-corrected chi connectivity index (χ4v) is 3.99. The van der Waals surface area contributed by atoms with Crippen molar-refractivity contribution in [2.75, 3.05) is 7.11 Å². The quantitative estimate of drug-likeness (QED) is 0.668. The molecule has 24 heavy (non-hydrogen) atoms. The van der Waals surface area contributed by atoms with Crippen molar-refractivity contribution in [3.8, 4) is 0 Å². The van der Waals surface area contributed by atoms with Crippen LogP contribution in [0.25, 0.3) is 0 Å². The molecule has 2 unspecified atom stereocenters. The van der Waals surface area contributed by atoms with Crippen molar-refractivity contribution in [1.29, 1.82) is 0 Å². The van der Waals surface area contributed by atoms with Gasteiger partial charge >= 0.3 is 5.97 Å². The number of carbonyl (C=O) groups is 3. The summed E-state index contributed by atoms with van der Waals surface area (Å²) in [6.07, 6.45) is 2.47. The van der Waals surface area contributed by atoms with E-state index in [0.29, 0.717) is 12.8 Å². The molecule has 5 nitrogen and oxygen atoms in total. The van der Waals surface area contributed by atoms with E-state index in [1.807, 2.05) is 44.2 Å². The Morgan fingerprint density at radius 3 is 2.42 bits per heavy atom. The highest BCUT2D eigenvalue weighted by Gasteiger charge is 2.60. The lowest BCUT2D eigenvalue weighted by molar-refractivity contribution is -0.145. The molecule has 1 fully saturated rings. The minimum absolute atomic E-state index is 0.0704. The monoisotopic (exact) mass is 327 g/mol. The summed E-state index contributed by atoms with van der Waals surface area (Å²) in [6, 6.07) is 9.38. The molecule has 0 radical (unpaired) electrons. The normalized spacial score (nSPS) is 28.5. The summed E-state index contributed by atoms with van der Waals surface area (Å²) < 4.78 is 4.73. The number of ketones is 1. The molecule has 1 aromatic carbocycles. The summed E-state index contributed by atoms with van der Waals surface area (Å²) in [6.45, 7) is 3.99. The second kappa shape index (κ2) is 5.58. The fourth-order valence-electron chi connectivity index (χ4n) is 3.99. The van der Waals surface area contributed by atoms with Gasteiger partial charge in [0.25, 0.3) is 0 Å². The van der Waals surface area contributed by atoms with Crippen molar-refractivity contribution in [2.24, 2.45) is 10.8 Å². The van der Waals surface area contributed by atoms with Crippen LogP contribution in [0, 0.1) is 10.8 Å². The molecule has 1 spiro atoms. The molecule has 126 valence electrons. The number of Topliss-reactive ketones (excluding diaryl/α,β-unsaturated/α-hetero) is 1. The van der Waals surface area contributed by atoms with Crippen LogP contribution in [0.15, 0.2) is 42.1 Å². The van der Waals surface area contributed by atoms with Crippen LogP contribution in [0.2, 0.25) is 0 Å². The zero-order chi connectivity index (χ0) is 17.5. The first kappa shape index (κ1) is 16.4. The average molecular weight is 327 g/mol. The van der Waals surface area contributed by atoms with Gasteiger partial charge in [-0.25, -0.2) is 4.79 Å². The molecule has 1 saturated carbocycles. The van der Waals surface area contributed by atoms with E-state index in [1.165, 1.54) is 7.11 Å². The van der Waals surface area contributed by atoms with Gasteiger partial charge in [-0.05, 0) is 23.5 Å². The number of rotatable bonds is 2. The highest BCUT2D eigenvalue weighted by molar-refractivity contribution is 6.12. The van der Waals surface area contributed by atoms with Crippen molar-refractivity contribution in [3.05, 3.63) is 47.7 Å². The first-order chi connectivity index (χ1) is 11.3. The molecule has 1 aliphatic carbocycles. The Morgan fingerprint density at radius 1 is 1.21 bits per heavy atom. The first-order valence-corrected chi connectivity index (χ1v) is 8.00. The molecule has 2 atom stereocenters. The number of nitrogens with one attached hydrogen (secondary N) is 1. The molecule has 1 aliphatic heterocycles. The Balaban J connectivity index is 2.17. The number of benzene rings is 1. The van der Waals surface area contributed by atoms with E-state index < -0.39 is 23.2 Å². The number of esters is 1. The molecule has 1 N–H and O–H groups in total. The van der Waals surface area contributed by atoms with E-state index in [0.717, 1.165) is 5.56 Å². The van der Waals surface area contributed by atoms with Crippen molar-refractivity contribution < 1.29 is 19.1 Å². The maximum Gasteiger partial charge on any atom is 0.354 e. The van der Waals surface area contributed by atoms with Gasteiger partial charge in [0.1, 0.15) is 16.9 Å². The molecule has 0 saturated heterocycles. The number of hydrogen-bond acceptors (Lipinski definition) is 4. The number of hydrogen-bond donors (Lipinski definition) is 1. The van der Waals surface area contributed by atoms with E-state index in [2.05, 4.69) is 5.32 Å². The average Bonchev–Trinajstić information content (AvgIpc) is 2.80. The minimum Gasteiger partial charge on any atom is -0.464 e. The Morgan fingerprint density at radius 2 is 1.88 bits per heavy atom. The van der Waals surface area contributed by atoms with Crippen LogP contribution in [-0.4, -0.2) is 24.8 Å². The zero-order valence-electron chi connectivity index (χ0n) is 14.1. The maximum absolute atomic E-state index is 13.0. The van der Waals surface area contributed by atoms with E-state index >= 15 is 0 Å². The Labute approximate surface area is 141 Å². The molecule has 3 rings (SSSR count). The predicted molar refractivity (Wildman–Crippen MR) is 87.9 cm³/mol. The molecule has 0 bridgehead atoms. The van der Waals surface area contributed by atoms with E-state index in [9.17, 15) is 14.4 Å². The van der Waals surface area contributed by atoms with Gasteiger partial charge in [0.15, 0.2) is 0 Å². The van der Waals surface area contributed by atoms with Gasteiger partial charge in [0.05, 0.1) is 7.11 Å². The smallest absolute Gasteiger partial charge is 0.354 e. The summed E-state index contributed by atoms with van der Waals surface area (Å²) >= 11 is 0. The van der Waals surface area contributed by atoms with Crippen molar-refractivity contribution >= 4 is 17.7 Å². The Kier molecular flexibility index (Phi) is 3.82. The van der Waals surface area contributed by atoms with Gasteiger partial charge in [-0.15, -0.1) is 0 Å². The summed E-state index contributed by atoms with van der Waals surface area (Å²) in [5.74, 6) is -1.56. The summed E-state index contributed by atoms with van der Waals surface area (Å²) in [5, 5.41) is 2.59. The number of ether oxygens (including phenoxy) is 1. The predicted octanol–water partition coefficient (Wildman–Crippen LogP) is 2.33. The standard InChI is InChI=1S/C19H21NO4/c1-18(2)10-15(21)19(11-18)13(12-7-5-4-6-8-12)9-14(16(22)24-3)20-17(19)23/h4-9,13H,10-11H2,1-3H3,(H,20,23). The largest absolute Gasteiger partial charge is 0.464 e. The van der Waals surface area contributed by atoms with Gasteiger partial charge in [0, 0.05) is 12.3 Å². The maximum atomic E-state index is 13.0. The van der Waals surface area contributed by atoms with Gasteiger partial charge in [-0.2, -0.15) is 0 Å². The third-order valence-corrected chi connectivity index (χ3v) is 4.98. The van der Waals surface area contributed by atoms with Gasteiger partial charge < -0.3 is 10.1 Å². The van der Waals surface area contributed by atoms with E-state index in [-0.39, 0.29) is 16.9 Å². The lowest BCUT2D eigenvalue weighted by atomic mass is 9.66. The summed E-state index contributed by atoms with van der Waals surface area (Å²) in [5.41, 5.74) is -0.472. The lowest BCUT2D eigenvalue weighted by Crippen LogP contribution is -2.51. The van der Waals surface area contributed by atoms with Crippen LogP contribution in [0.5, 0.6) is 0 Å². The van der Waals surface area contributed by atoms with E-state index in [1.54, 1.807) is 6.08 Å². The number of allylic oxidation sites excluding steroid dienone is 1. The van der Waals surface area contributed by atoms with E-state index in [4.69, 9.17) is 4.74 Å². The first-order valence-electron chi connectivity index (χ1n) is 8.00. The summed E-state index contributed by atoms with van der Waals surface area (Å²) in [4.78, 5) is 37.8. The highest BCUT2D eigenvalue weighted by Crippen LogP contribution is 2.55. The van der Waals surface area contributed by atoms with Crippen LogP contribution >= 0.6 is 0 Å². The van der Waals surface area contributed by atoms with Crippen LogP contribution in [-0.2, 0) is 19.1 Å². The van der Waals surface area contributed by atoms with Gasteiger partial charge in [0.2, 0.25) is 5.91 Å². The topological polar surface area (TPSA) is 72.5 Å². The van der Waals surface area contributed by atoms with Crippen LogP contribution < -0.4 is 5.32 Å². The molecule has 0 aromatic heterocycles. The van der Waals surface area contributed by atoms with Crippen molar-refractivity contribution in [2.45, 2.75) is 32.6 Å². The zero-order valence-corrected chi connectivity index (χ0v) is 14.1. The van der Waals surface area contributed by atoms with Gasteiger partial charge in [-0.1, -0.05) is 44.2 Å². The molecule has 1 amide bonds. The van der Waals surface area contributed by atoms with Crippen molar-refractivity contribution in [1.82, 2.24) is 5.32 Å². The molecule has 1 heterocycles. The number of methoxy groups -OCH3 is 1. The molecular formula is C19H21NO4. The van der Waals surface area contributed by atoms with Gasteiger partial charge in [-0.3, -0.25) is 9.59 Å². The Hall–Kier alpha value is -2.43. The van der Waals surface area contributed by atoms with Crippen LogP contribution in [0.3, 0.4) is 0 Å². The lowest BCUT2D eigenvalue weighted by Gasteiger charge is -2.38. The molecule has 2 aliphatic rings. The molecule has 5 heteroatoms. The minimum atomic E-state index is -1.16. The fraction of sp³-hybridized carbons (Fsp3) is 0.421. The third kappa shape index (κ3) is 2.44. The van der Waals surface area contributed by atoms with Crippen LogP contribution in [0.4, 0.5) is 0 Å². The second-order valence-electron chi connectivity index (χ2n) is 7.33. The number of carbonyl (C=O) groups excluding carboxylic acids is 3. The number of amides is 1. The second-order valence-corrected chi connectivity index (χ2v) is 7.33. The Bertz CT molecular complexity index is 735. The molecule has 1 aromatic rings. The SMILES string of the molecule is COC(=O)C1=CC(c2ccccc2)C2(CC(C)(C)CC2=O)C(=O)N1. The highest BCUT2D eigenvalue weighted by atomic mass is 16.5.